The number of unbranched alkanes of at least 4 members (excludes halogenated alkanes) is 1. The van der Waals surface area contributed by atoms with Crippen molar-refractivity contribution < 1.29 is 31.6 Å². The van der Waals surface area contributed by atoms with Crippen molar-refractivity contribution in [3.63, 3.8) is 0 Å². The van der Waals surface area contributed by atoms with Gasteiger partial charge in [0.25, 0.3) is 15.9 Å². The molecule has 0 radical (unpaired) electrons. The van der Waals surface area contributed by atoms with E-state index >= 15 is 8.78 Å². The molecule has 254 valence electrons. The van der Waals surface area contributed by atoms with Crippen LogP contribution in [0.1, 0.15) is 76.7 Å². The Balaban J connectivity index is 1.38. The van der Waals surface area contributed by atoms with Crippen molar-refractivity contribution in [1.29, 1.82) is 0 Å². The second-order valence-electron chi connectivity index (χ2n) is 13.2. The Morgan fingerprint density at radius 2 is 1.74 bits per heavy atom. The van der Waals surface area contributed by atoms with Crippen molar-refractivity contribution in [3.05, 3.63) is 71.2 Å². The monoisotopic (exact) mass is 689 g/mol. The summed E-state index contributed by atoms with van der Waals surface area (Å²) in [7, 11) is -4.31. The van der Waals surface area contributed by atoms with E-state index in [0.29, 0.717) is 56.9 Å². The molecule has 8 nitrogen and oxygen atoms in total. The average Bonchev–Trinajstić information content (AvgIpc) is 3.63. The molecule has 2 aliphatic heterocycles. The van der Waals surface area contributed by atoms with Crippen LogP contribution in [0, 0.1) is 5.92 Å². The standard InChI is InChI=1S/C35H42ClF2N3O5S/c1-2-3-18-45-31-20-25(11-15-30(31)36)35(37,38)32(33(42)41-27-12-13-28(41)22-26(39)21-27)34(16-6-7-17-34)46-40-47(43,44)29-14-10-23-8-4-5-9-24(23)19-29/h4-5,8-11,14-15,19-20,26-28,32,40H,2-3,6-7,12-13,16-18,21-22,39H2,1H3/t27-,28-,32+/m0/s1. The zero-order valence-electron chi connectivity index (χ0n) is 26.5. The second kappa shape index (κ2) is 13.6. The number of hydrogen-bond acceptors (Lipinski definition) is 6. The number of benzene rings is 3. The molecule has 1 aliphatic carbocycles. The zero-order chi connectivity index (χ0) is 33.4. The summed E-state index contributed by atoms with van der Waals surface area (Å²) < 4.78 is 67.4. The SMILES string of the molecule is CCCCOc1cc(C(F)(F)[C@H](C(=O)N2[C@H]3CC[C@H]2CC(N)C3)C2(ONS(=O)(=O)c3ccc4ccccc4c3)CCCC2)ccc1Cl. The van der Waals surface area contributed by atoms with Gasteiger partial charge in [0, 0.05) is 23.7 Å². The van der Waals surface area contributed by atoms with Gasteiger partial charge in [-0.3, -0.25) is 9.63 Å². The topological polar surface area (TPSA) is 111 Å². The van der Waals surface area contributed by atoms with Gasteiger partial charge in [-0.05, 0) is 80.0 Å². The minimum atomic E-state index is -4.31. The number of halogens is 3. The fourth-order valence-electron chi connectivity index (χ4n) is 7.70. The van der Waals surface area contributed by atoms with Gasteiger partial charge < -0.3 is 15.4 Å². The molecule has 3 aromatic rings. The van der Waals surface area contributed by atoms with Gasteiger partial charge in [0.2, 0.25) is 5.91 Å². The first-order valence-electron chi connectivity index (χ1n) is 16.5. The van der Waals surface area contributed by atoms with E-state index in [1.165, 1.54) is 30.3 Å². The molecule has 2 bridgehead atoms. The molecule has 12 heteroatoms. The molecule has 6 rings (SSSR count). The Morgan fingerprint density at radius 1 is 1.06 bits per heavy atom. The molecule has 3 aromatic carbocycles. The third-order valence-corrected chi connectivity index (χ3v) is 11.6. The highest BCUT2D eigenvalue weighted by molar-refractivity contribution is 7.89. The van der Waals surface area contributed by atoms with E-state index in [0.717, 1.165) is 11.8 Å². The highest BCUT2D eigenvalue weighted by atomic mass is 35.5. The number of carbonyl (C=O) groups is 1. The normalized spacial score (nSPS) is 23.3. The number of amides is 1. The summed E-state index contributed by atoms with van der Waals surface area (Å²) in [6.07, 6.45) is 5.08. The van der Waals surface area contributed by atoms with Crippen LogP contribution >= 0.6 is 11.6 Å². The Bertz CT molecular complexity index is 1700. The van der Waals surface area contributed by atoms with Gasteiger partial charge in [-0.15, -0.1) is 0 Å². The van der Waals surface area contributed by atoms with Gasteiger partial charge in [-0.1, -0.05) is 79.1 Å². The largest absolute Gasteiger partial charge is 0.492 e. The molecule has 2 heterocycles. The molecule has 3 N–H and O–H groups in total. The lowest BCUT2D eigenvalue weighted by molar-refractivity contribution is -0.205. The van der Waals surface area contributed by atoms with Crippen molar-refractivity contribution in [2.75, 3.05) is 6.61 Å². The number of nitrogens with two attached hydrogens (primary N) is 1. The minimum Gasteiger partial charge on any atom is -0.492 e. The fourth-order valence-corrected chi connectivity index (χ4v) is 8.77. The number of hydrogen-bond donors (Lipinski definition) is 2. The van der Waals surface area contributed by atoms with E-state index < -0.39 is 38.9 Å². The van der Waals surface area contributed by atoms with Gasteiger partial charge in [-0.2, -0.15) is 0 Å². The number of carbonyl (C=O) groups excluding carboxylic acids is 1. The predicted molar refractivity (Wildman–Crippen MR) is 177 cm³/mol. The molecule has 3 aliphatic rings. The summed E-state index contributed by atoms with van der Waals surface area (Å²) in [6.45, 7) is 2.29. The molecule has 1 amide bonds. The molecule has 3 fully saturated rings. The molecule has 0 unspecified atom stereocenters. The summed E-state index contributed by atoms with van der Waals surface area (Å²) in [5.74, 6) is -6.45. The third-order valence-electron chi connectivity index (χ3n) is 10.1. The average molecular weight is 690 g/mol. The Hall–Kier alpha value is -2.83. The van der Waals surface area contributed by atoms with E-state index in [4.69, 9.17) is 26.9 Å². The molecule has 1 saturated carbocycles. The molecule has 2 saturated heterocycles. The first-order valence-corrected chi connectivity index (χ1v) is 18.4. The van der Waals surface area contributed by atoms with Crippen LogP contribution in [0.5, 0.6) is 5.75 Å². The molecule has 0 aromatic heterocycles. The summed E-state index contributed by atoms with van der Waals surface area (Å²) in [6, 6.07) is 15.0. The first-order chi connectivity index (χ1) is 22.4. The van der Waals surface area contributed by atoms with E-state index in [9.17, 15) is 13.2 Å². The maximum Gasteiger partial charge on any atom is 0.287 e. The highest BCUT2D eigenvalue weighted by Gasteiger charge is 2.62. The van der Waals surface area contributed by atoms with E-state index in [2.05, 4.69) is 4.89 Å². The number of rotatable bonds is 12. The van der Waals surface area contributed by atoms with Crippen LogP contribution in [0.2, 0.25) is 5.02 Å². The molecule has 3 atom stereocenters. The number of ether oxygens (including phenoxy) is 1. The highest BCUT2D eigenvalue weighted by Crippen LogP contribution is 2.53. The van der Waals surface area contributed by atoms with Crippen molar-refractivity contribution in [2.45, 2.75) is 106 Å². The Morgan fingerprint density at radius 3 is 2.43 bits per heavy atom. The van der Waals surface area contributed by atoms with E-state index in [1.807, 2.05) is 19.1 Å². The number of nitrogens with one attached hydrogen (secondary N) is 1. The number of fused-ring (bicyclic) bond motifs is 3. The number of sulfonamides is 1. The molecule has 47 heavy (non-hydrogen) atoms. The van der Waals surface area contributed by atoms with E-state index in [1.54, 1.807) is 23.1 Å². The fraction of sp³-hybridized carbons (Fsp3) is 0.514. The number of alkyl halides is 2. The van der Waals surface area contributed by atoms with Crippen LogP contribution in [0.4, 0.5) is 8.78 Å². The second-order valence-corrected chi connectivity index (χ2v) is 15.3. The lowest BCUT2D eigenvalue weighted by Crippen LogP contribution is -2.60. The number of nitrogens with zero attached hydrogens (tertiary/aromatic N) is 1. The minimum absolute atomic E-state index is 0.0649. The summed E-state index contributed by atoms with van der Waals surface area (Å²) in [5.41, 5.74) is 4.00. The van der Waals surface area contributed by atoms with Gasteiger partial charge in [0.1, 0.15) is 17.3 Å². The lowest BCUT2D eigenvalue weighted by atomic mass is 9.76. The summed E-state index contributed by atoms with van der Waals surface area (Å²) in [4.78, 5) is 24.4. The molecule has 0 spiro atoms. The van der Waals surface area contributed by atoms with Crippen molar-refractivity contribution >= 4 is 38.3 Å². The van der Waals surface area contributed by atoms with Crippen LogP contribution in [-0.4, -0.2) is 49.6 Å². The van der Waals surface area contributed by atoms with Gasteiger partial charge in [0.15, 0.2) is 0 Å². The van der Waals surface area contributed by atoms with Gasteiger partial charge in [0.05, 0.1) is 16.5 Å². The van der Waals surface area contributed by atoms with Crippen molar-refractivity contribution in [2.24, 2.45) is 11.7 Å². The summed E-state index contributed by atoms with van der Waals surface area (Å²) in [5, 5.41) is 1.73. The maximum absolute atomic E-state index is 17.3. The van der Waals surface area contributed by atoms with Crippen molar-refractivity contribution in [3.8, 4) is 5.75 Å². The maximum atomic E-state index is 17.3. The molecular weight excluding hydrogens is 648 g/mol. The van der Waals surface area contributed by atoms with Crippen LogP contribution < -0.4 is 15.4 Å². The Labute approximate surface area is 279 Å². The molecular formula is C35H42ClF2N3O5S. The Kier molecular flexibility index (Phi) is 9.84. The zero-order valence-corrected chi connectivity index (χ0v) is 28.0. The smallest absolute Gasteiger partial charge is 0.287 e. The van der Waals surface area contributed by atoms with Crippen LogP contribution in [0.15, 0.2) is 65.6 Å². The third kappa shape index (κ3) is 6.74. The van der Waals surface area contributed by atoms with Gasteiger partial charge in [-0.25, -0.2) is 17.2 Å². The quantitative estimate of drug-likeness (QED) is 0.155. The van der Waals surface area contributed by atoms with Crippen LogP contribution in [-0.2, 0) is 25.6 Å². The van der Waals surface area contributed by atoms with Crippen molar-refractivity contribution in [1.82, 2.24) is 9.79 Å². The lowest BCUT2D eigenvalue weighted by Gasteiger charge is -2.45. The van der Waals surface area contributed by atoms with Crippen LogP contribution in [0.3, 0.4) is 0 Å². The van der Waals surface area contributed by atoms with E-state index in [-0.39, 0.29) is 46.6 Å². The summed E-state index contributed by atoms with van der Waals surface area (Å²) >= 11 is 6.34. The first kappa shape index (κ1) is 34.0. The van der Waals surface area contributed by atoms with Gasteiger partial charge >= 0.3 is 0 Å². The van der Waals surface area contributed by atoms with Crippen LogP contribution in [0.25, 0.3) is 10.8 Å². The predicted octanol–water partition coefficient (Wildman–Crippen LogP) is 7.08. The number of piperidine rings is 1.